The summed E-state index contributed by atoms with van der Waals surface area (Å²) in [6.45, 7) is 3.80. The molecule has 0 aliphatic heterocycles. The predicted octanol–water partition coefficient (Wildman–Crippen LogP) is 1.58. The van der Waals surface area contributed by atoms with Crippen LogP contribution in [0, 0.1) is 6.92 Å². The van der Waals surface area contributed by atoms with Crippen molar-refractivity contribution in [2.45, 2.75) is 19.4 Å². The van der Waals surface area contributed by atoms with Crippen LogP contribution in [0.15, 0.2) is 29.1 Å². The highest BCUT2D eigenvalue weighted by atomic mass is 16.4. The summed E-state index contributed by atoms with van der Waals surface area (Å²) < 4.78 is 7.17. The fourth-order valence-corrected chi connectivity index (χ4v) is 2.16. The number of nitrogens with zero attached hydrogens (tertiary/aromatic N) is 4. The molecule has 0 aliphatic rings. The minimum absolute atomic E-state index is 0.265. The van der Waals surface area contributed by atoms with Crippen molar-refractivity contribution in [2.75, 3.05) is 11.9 Å². The molecular weight excluding hydrogens is 270 g/mol. The van der Waals surface area contributed by atoms with Gasteiger partial charge in [0.25, 0.3) is 0 Å². The van der Waals surface area contributed by atoms with Gasteiger partial charge in [0.2, 0.25) is 0 Å². The van der Waals surface area contributed by atoms with Gasteiger partial charge in [0.1, 0.15) is 29.3 Å². The van der Waals surface area contributed by atoms with E-state index in [0.717, 1.165) is 11.1 Å². The van der Waals surface area contributed by atoms with Gasteiger partial charge < -0.3 is 14.8 Å². The highest BCUT2D eigenvalue weighted by molar-refractivity contribution is 5.85. The Bertz CT molecular complexity index is 775. The van der Waals surface area contributed by atoms with Crippen molar-refractivity contribution in [3.8, 4) is 0 Å². The van der Waals surface area contributed by atoms with Gasteiger partial charge in [-0.05, 0) is 26.0 Å². The topological polar surface area (TPSA) is 89.0 Å². The molecule has 3 aromatic heterocycles. The molecule has 0 amide bonds. The van der Waals surface area contributed by atoms with E-state index in [1.54, 1.807) is 17.7 Å². The molecule has 0 bridgehead atoms. The van der Waals surface area contributed by atoms with E-state index in [0.29, 0.717) is 17.2 Å². The Labute approximate surface area is 121 Å². The first-order valence-electron chi connectivity index (χ1n) is 6.63. The number of hydrogen-bond donors (Lipinski definition) is 2. The minimum atomic E-state index is -1.13. The number of rotatable bonds is 4. The SMILES string of the molecule is Cc1ccc(C(C)(O)CNc2ncnc3nn(C)cc23)o1. The number of fused-ring (bicyclic) bond motifs is 1. The normalized spacial score (nSPS) is 14.3. The lowest BCUT2D eigenvalue weighted by atomic mass is 10.0. The van der Waals surface area contributed by atoms with Gasteiger partial charge in [0, 0.05) is 13.2 Å². The molecule has 2 N–H and O–H groups in total. The average Bonchev–Trinajstić information content (AvgIpc) is 3.01. The van der Waals surface area contributed by atoms with Crippen molar-refractivity contribution in [3.05, 3.63) is 36.2 Å². The molecule has 110 valence electrons. The second-order valence-electron chi connectivity index (χ2n) is 5.30. The zero-order chi connectivity index (χ0) is 15.0. The first-order chi connectivity index (χ1) is 9.95. The Balaban J connectivity index is 1.83. The molecule has 0 radical (unpaired) electrons. The van der Waals surface area contributed by atoms with Crippen LogP contribution in [0.4, 0.5) is 5.82 Å². The largest absolute Gasteiger partial charge is 0.463 e. The predicted molar refractivity (Wildman–Crippen MR) is 77.8 cm³/mol. The Hall–Kier alpha value is -2.41. The van der Waals surface area contributed by atoms with Gasteiger partial charge in [-0.2, -0.15) is 5.10 Å². The number of anilines is 1. The van der Waals surface area contributed by atoms with Crippen molar-refractivity contribution < 1.29 is 9.52 Å². The van der Waals surface area contributed by atoms with Gasteiger partial charge in [-0.3, -0.25) is 4.68 Å². The van der Waals surface area contributed by atoms with Crippen LogP contribution in [-0.4, -0.2) is 31.4 Å². The Kier molecular flexibility index (Phi) is 3.13. The summed E-state index contributed by atoms with van der Waals surface area (Å²) in [6.07, 6.45) is 3.28. The number of hydrogen-bond acceptors (Lipinski definition) is 6. The maximum Gasteiger partial charge on any atom is 0.186 e. The molecule has 0 saturated heterocycles. The molecule has 0 fully saturated rings. The third-order valence-corrected chi connectivity index (χ3v) is 3.30. The van der Waals surface area contributed by atoms with Gasteiger partial charge in [-0.25, -0.2) is 9.97 Å². The van der Waals surface area contributed by atoms with Crippen LogP contribution >= 0.6 is 0 Å². The number of nitrogens with one attached hydrogen (secondary N) is 1. The molecule has 0 saturated carbocycles. The van der Waals surface area contributed by atoms with Crippen molar-refractivity contribution in [3.63, 3.8) is 0 Å². The molecule has 1 atom stereocenters. The van der Waals surface area contributed by atoms with Crippen LogP contribution < -0.4 is 5.32 Å². The first kappa shape index (κ1) is 13.6. The lowest BCUT2D eigenvalue weighted by molar-refractivity contribution is 0.0467. The van der Waals surface area contributed by atoms with E-state index in [9.17, 15) is 5.11 Å². The van der Waals surface area contributed by atoms with E-state index in [1.807, 2.05) is 26.2 Å². The summed E-state index contributed by atoms with van der Waals surface area (Å²) in [5, 5.41) is 18.7. The molecule has 1 unspecified atom stereocenters. The number of aryl methyl sites for hydroxylation is 2. The lowest BCUT2D eigenvalue weighted by Crippen LogP contribution is -2.30. The summed E-state index contributed by atoms with van der Waals surface area (Å²) in [7, 11) is 1.83. The van der Waals surface area contributed by atoms with Crippen LogP contribution in [0.3, 0.4) is 0 Å². The molecule has 0 aromatic carbocycles. The number of furan rings is 1. The quantitative estimate of drug-likeness (QED) is 0.757. The number of aromatic nitrogens is 4. The third kappa shape index (κ3) is 2.59. The van der Waals surface area contributed by atoms with Gasteiger partial charge in [0.05, 0.1) is 11.9 Å². The molecule has 7 nitrogen and oxygen atoms in total. The Morgan fingerprint density at radius 2 is 2.19 bits per heavy atom. The van der Waals surface area contributed by atoms with Crippen LogP contribution in [0.5, 0.6) is 0 Å². The molecule has 7 heteroatoms. The second-order valence-corrected chi connectivity index (χ2v) is 5.30. The first-order valence-corrected chi connectivity index (χ1v) is 6.63. The summed E-state index contributed by atoms with van der Waals surface area (Å²) in [4.78, 5) is 8.31. The van der Waals surface area contributed by atoms with Crippen molar-refractivity contribution in [1.82, 2.24) is 19.7 Å². The van der Waals surface area contributed by atoms with Gasteiger partial charge in [-0.15, -0.1) is 0 Å². The Morgan fingerprint density at radius 3 is 2.90 bits per heavy atom. The van der Waals surface area contributed by atoms with E-state index < -0.39 is 5.60 Å². The van der Waals surface area contributed by atoms with E-state index in [-0.39, 0.29) is 6.54 Å². The fraction of sp³-hybridized carbons (Fsp3) is 0.357. The van der Waals surface area contributed by atoms with Gasteiger partial charge >= 0.3 is 0 Å². The molecule has 3 rings (SSSR count). The van der Waals surface area contributed by atoms with Crippen molar-refractivity contribution in [2.24, 2.45) is 7.05 Å². The zero-order valence-corrected chi connectivity index (χ0v) is 12.2. The summed E-state index contributed by atoms with van der Waals surface area (Å²) in [5.74, 6) is 1.92. The van der Waals surface area contributed by atoms with Crippen LogP contribution in [0.1, 0.15) is 18.4 Å². The van der Waals surface area contributed by atoms with Crippen molar-refractivity contribution >= 4 is 16.9 Å². The van der Waals surface area contributed by atoms with Gasteiger partial charge in [0.15, 0.2) is 5.65 Å². The van der Waals surface area contributed by atoms with E-state index in [2.05, 4.69) is 20.4 Å². The Morgan fingerprint density at radius 1 is 1.38 bits per heavy atom. The van der Waals surface area contributed by atoms with Gasteiger partial charge in [-0.1, -0.05) is 0 Å². The highest BCUT2D eigenvalue weighted by Crippen LogP contribution is 2.24. The molecule has 21 heavy (non-hydrogen) atoms. The van der Waals surface area contributed by atoms with Crippen LogP contribution in [0.2, 0.25) is 0 Å². The minimum Gasteiger partial charge on any atom is -0.463 e. The fourth-order valence-electron chi connectivity index (χ4n) is 2.16. The lowest BCUT2D eigenvalue weighted by Gasteiger charge is -2.21. The average molecular weight is 287 g/mol. The molecular formula is C14H17N5O2. The smallest absolute Gasteiger partial charge is 0.186 e. The summed E-state index contributed by atoms with van der Waals surface area (Å²) in [5.41, 5.74) is -0.517. The molecule has 3 aromatic rings. The van der Waals surface area contributed by atoms with E-state index in [4.69, 9.17) is 4.42 Å². The summed E-state index contributed by atoms with van der Waals surface area (Å²) >= 11 is 0. The molecule has 3 heterocycles. The zero-order valence-electron chi connectivity index (χ0n) is 12.2. The molecule has 0 aliphatic carbocycles. The number of aliphatic hydroxyl groups is 1. The second kappa shape index (κ2) is 4.85. The summed E-state index contributed by atoms with van der Waals surface area (Å²) in [6, 6.07) is 3.60. The monoisotopic (exact) mass is 287 g/mol. The van der Waals surface area contributed by atoms with E-state index >= 15 is 0 Å². The van der Waals surface area contributed by atoms with Crippen LogP contribution in [0.25, 0.3) is 11.0 Å². The standard InChI is InChI=1S/C14H17N5O2/c1-9-4-5-11(21-9)14(2,20)7-15-12-10-6-19(3)18-13(10)17-8-16-12/h4-6,8,20H,7H2,1-3H3,(H,15,16,17,18). The maximum absolute atomic E-state index is 10.5. The molecule has 0 spiro atoms. The third-order valence-electron chi connectivity index (χ3n) is 3.30. The van der Waals surface area contributed by atoms with Crippen molar-refractivity contribution in [1.29, 1.82) is 0 Å². The maximum atomic E-state index is 10.5. The van der Waals surface area contributed by atoms with Crippen LogP contribution in [-0.2, 0) is 12.6 Å². The van der Waals surface area contributed by atoms with E-state index in [1.165, 1.54) is 6.33 Å². The highest BCUT2D eigenvalue weighted by Gasteiger charge is 2.27.